The maximum Gasteiger partial charge on any atom is 3.00 e. The number of hydrogen-bond acceptors (Lipinski definition) is 6. The minimum absolute atomic E-state index is 0. The Hall–Kier alpha value is -4.96. The number of carboxylic acids is 3. The van der Waals surface area contributed by atoms with Gasteiger partial charge in [-0.2, -0.15) is 0 Å². The van der Waals surface area contributed by atoms with Gasteiger partial charge in [0.15, 0.2) is 0 Å². The summed E-state index contributed by atoms with van der Waals surface area (Å²) in [5.74, 6) is -3.39. The van der Waals surface area contributed by atoms with E-state index in [1.807, 2.05) is 109 Å². The third-order valence-corrected chi connectivity index (χ3v) is 8.64. The summed E-state index contributed by atoms with van der Waals surface area (Å²) in [6.45, 7) is 6.52. The molecule has 58 heavy (non-hydrogen) atoms. The fourth-order valence-electron chi connectivity index (χ4n) is 5.41. The largest absolute Gasteiger partial charge is 3.00 e. The first-order valence-corrected chi connectivity index (χ1v) is 20.7. The summed E-state index contributed by atoms with van der Waals surface area (Å²) >= 11 is 0. The molecule has 0 amide bonds. The van der Waals surface area contributed by atoms with Crippen LogP contribution in [0, 0.1) is 0 Å². The predicted molar refractivity (Wildman–Crippen MR) is 238 cm³/mol. The monoisotopic (exact) mass is 798 g/mol. The number of carbonyl (C=O) groups is 3. The molecule has 0 aliphatic heterocycles. The van der Waals surface area contributed by atoms with Crippen molar-refractivity contribution in [1.82, 2.24) is 0 Å². The molecule has 0 aromatic heterocycles. The normalized spacial score (nSPS) is 11.7. The van der Waals surface area contributed by atoms with Crippen molar-refractivity contribution in [2.45, 2.75) is 117 Å². The van der Waals surface area contributed by atoms with E-state index in [9.17, 15) is 29.7 Å². The van der Waals surface area contributed by atoms with Gasteiger partial charge in [0, 0.05) is 0 Å². The van der Waals surface area contributed by atoms with Crippen molar-refractivity contribution in [3.05, 3.63) is 161 Å². The van der Waals surface area contributed by atoms with Gasteiger partial charge in [0.2, 0.25) is 0 Å². The van der Waals surface area contributed by atoms with Crippen molar-refractivity contribution in [1.29, 1.82) is 0 Å². The van der Waals surface area contributed by atoms with E-state index in [0.717, 1.165) is 55.2 Å². The van der Waals surface area contributed by atoms with Crippen molar-refractivity contribution in [2.75, 3.05) is 0 Å². The molecule has 7 heteroatoms. The van der Waals surface area contributed by atoms with Crippen LogP contribution in [0.1, 0.15) is 134 Å². The fraction of sp³-hybridized carbons (Fsp3) is 0.353. The summed E-state index contributed by atoms with van der Waals surface area (Å²) in [6.07, 6.45) is 32.6. The minimum Gasteiger partial charge on any atom is -0.545 e. The van der Waals surface area contributed by atoms with Crippen molar-refractivity contribution in [3.8, 4) is 0 Å². The summed E-state index contributed by atoms with van der Waals surface area (Å²) in [4.78, 5) is 33.1. The SMILES string of the molecule is CCCCCCC=CC(=Cc1ccccc1)C(=O)[O-].CCCCCCC=CC(=Cc1ccccc1)C(=O)[O-].CCCCCCC=CC(=Cc1ccccc1)C(=O)[O-].[Al+3]. The predicted octanol–water partition coefficient (Wildman–Crippen LogP) is 9.66. The summed E-state index contributed by atoms with van der Waals surface area (Å²) in [5.41, 5.74) is 3.29. The Balaban J connectivity index is 0.000000833. The quantitative estimate of drug-likeness (QED) is 0.0385. The van der Waals surface area contributed by atoms with Crippen LogP contribution in [0.2, 0.25) is 0 Å². The van der Waals surface area contributed by atoms with Crippen LogP contribution in [0.25, 0.3) is 18.2 Å². The molecule has 0 unspecified atom stereocenters. The molecule has 3 aromatic rings. The Labute approximate surface area is 359 Å². The van der Waals surface area contributed by atoms with E-state index in [-0.39, 0.29) is 34.1 Å². The number of rotatable bonds is 24. The van der Waals surface area contributed by atoms with Gasteiger partial charge in [0.1, 0.15) is 0 Å². The smallest absolute Gasteiger partial charge is 0.545 e. The molecule has 0 spiro atoms. The zero-order chi connectivity index (χ0) is 41.8. The maximum atomic E-state index is 11.0. The second kappa shape index (κ2) is 36.4. The molecule has 0 aliphatic rings. The second-order valence-electron chi connectivity index (χ2n) is 13.6. The number of benzene rings is 3. The van der Waals surface area contributed by atoms with Crippen molar-refractivity contribution < 1.29 is 29.7 Å². The van der Waals surface area contributed by atoms with Gasteiger partial charge in [0.25, 0.3) is 0 Å². The van der Waals surface area contributed by atoms with Crippen LogP contribution in [0.4, 0.5) is 0 Å². The third kappa shape index (κ3) is 28.4. The zero-order valence-electron chi connectivity index (χ0n) is 35.0. The molecular weight excluding hydrogens is 736 g/mol. The Morgan fingerprint density at radius 2 is 0.638 bits per heavy atom. The molecule has 3 rings (SSSR count). The van der Waals surface area contributed by atoms with E-state index in [0.29, 0.717) is 0 Å². The van der Waals surface area contributed by atoms with Crippen molar-refractivity contribution >= 4 is 53.5 Å². The van der Waals surface area contributed by atoms with Crippen molar-refractivity contribution in [3.63, 3.8) is 0 Å². The molecule has 0 atom stereocenters. The zero-order valence-corrected chi connectivity index (χ0v) is 36.1. The van der Waals surface area contributed by atoms with Gasteiger partial charge in [-0.15, -0.1) is 0 Å². The molecule has 0 aliphatic carbocycles. The molecule has 0 fully saturated rings. The number of hydrogen-bond donors (Lipinski definition) is 0. The first-order chi connectivity index (χ1) is 27.7. The Kier molecular flexibility index (Phi) is 33.3. The first kappa shape index (κ1) is 53.0. The Bertz CT molecular complexity index is 1500. The average Bonchev–Trinajstić information content (AvgIpc) is 3.22. The van der Waals surface area contributed by atoms with Gasteiger partial charge >= 0.3 is 17.4 Å². The molecule has 0 saturated carbocycles. The van der Waals surface area contributed by atoms with Crippen LogP contribution < -0.4 is 15.3 Å². The molecule has 0 bridgehead atoms. The van der Waals surface area contributed by atoms with Gasteiger partial charge in [0.05, 0.1) is 17.9 Å². The second-order valence-corrected chi connectivity index (χ2v) is 13.6. The standard InChI is InChI=1S/3C17H22O2.Al/c3*1-2-3-4-5-6-10-13-16(17(18)19)14-15-11-8-7-9-12-15;/h3*7-14H,2-6H2,1H3,(H,18,19);/q;;;+3/p-3. The molecule has 0 radical (unpaired) electrons. The summed E-state index contributed by atoms with van der Waals surface area (Å²) in [5, 5.41) is 33.1. The Morgan fingerprint density at radius 1 is 0.397 bits per heavy atom. The van der Waals surface area contributed by atoms with Crippen LogP contribution in [0.3, 0.4) is 0 Å². The first-order valence-electron chi connectivity index (χ1n) is 20.7. The number of unbranched alkanes of at least 4 members (excludes halogenated alkanes) is 12. The van der Waals surface area contributed by atoms with Crippen LogP contribution in [-0.2, 0) is 14.4 Å². The van der Waals surface area contributed by atoms with Gasteiger partial charge < -0.3 is 29.7 Å². The van der Waals surface area contributed by atoms with Gasteiger partial charge in [-0.05, 0) is 90.2 Å². The summed E-state index contributed by atoms with van der Waals surface area (Å²) < 4.78 is 0. The number of allylic oxidation sites excluding steroid dienone is 3. The number of carbonyl (C=O) groups excluding carboxylic acids is 3. The molecule has 3 aromatic carbocycles. The molecule has 0 heterocycles. The number of aliphatic carboxylic acids is 3. The summed E-state index contributed by atoms with van der Waals surface area (Å²) in [7, 11) is 0. The van der Waals surface area contributed by atoms with E-state index in [4.69, 9.17) is 0 Å². The van der Waals surface area contributed by atoms with Gasteiger partial charge in [-0.1, -0.05) is 206 Å². The summed E-state index contributed by atoms with van der Waals surface area (Å²) in [6, 6.07) is 28.2. The molecule has 306 valence electrons. The van der Waals surface area contributed by atoms with Crippen LogP contribution >= 0.6 is 0 Å². The van der Waals surface area contributed by atoms with Crippen LogP contribution in [0.5, 0.6) is 0 Å². The van der Waals surface area contributed by atoms with Gasteiger partial charge in [-0.25, -0.2) is 0 Å². The molecule has 6 nitrogen and oxygen atoms in total. The van der Waals surface area contributed by atoms with Crippen molar-refractivity contribution in [2.24, 2.45) is 0 Å². The average molecular weight is 799 g/mol. The van der Waals surface area contributed by atoms with E-state index in [1.165, 1.54) is 57.8 Å². The van der Waals surface area contributed by atoms with E-state index in [2.05, 4.69) is 20.8 Å². The third-order valence-electron chi connectivity index (χ3n) is 8.64. The maximum absolute atomic E-state index is 11.0. The fourth-order valence-corrected chi connectivity index (χ4v) is 5.41. The van der Waals surface area contributed by atoms with Gasteiger partial charge in [-0.3, -0.25) is 0 Å². The molecule has 0 saturated heterocycles. The molecule has 0 N–H and O–H groups in total. The van der Waals surface area contributed by atoms with Crippen LogP contribution in [0.15, 0.2) is 144 Å². The van der Waals surface area contributed by atoms with E-state index in [1.54, 1.807) is 36.5 Å². The van der Waals surface area contributed by atoms with E-state index < -0.39 is 17.9 Å². The molecular formula is C51H63AlO6. The van der Waals surface area contributed by atoms with E-state index >= 15 is 0 Å². The number of carboxylic acid groups (broad SMARTS) is 3. The Morgan fingerprint density at radius 3 is 0.845 bits per heavy atom. The topological polar surface area (TPSA) is 120 Å². The van der Waals surface area contributed by atoms with Crippen LogP contribution in [-0.4, -0.2) is 35.3 Å². The minimum atomic E-state index is -1.13.